The number of rotatable bonds is 1. The van der Waals surface area contributed by atoms with E-state index in [0.717, 1.165) is 25.2 Å². The van der Waals surface area contributed by atoms with Gasteiger partial charge in [-0.3, -0.25) is 5.10 Å². The van der Waals surface area contributed by atoms with Gasteiger partial charge in [0.25, 0.3) is 0 Å². The lowest BCUT2D eigenvalue weighted by atomic mass is 9.99. The second-order valence-corrected chi connectivity index (χ2v) is 4.27. The first-order valence-corrected chi connectivity index (χ1v) is 5.69. The summed E-state index contributed by atoms with van der Waals surface area (Å²) < 4.78 is 0. The fraction of sp³-hybridized carbons (Fsp3) is 0.308. The first-order chi connectivity index (χ1) is 7.86. The van der Waals surface area contributed by atoms with E-state index >= 15 is 0 Å². The number of aromatic amines is 1. The Morgan fingerprint density at radius 3 is 2.88 bits per heavy atom. The minimum absolute atomic E-state index is 0. The van der Waals surface area contributed by atoms with Gasteiger partial charge in [0.1, 0.15) is 0 Å². The molecule has 0 saturated heterocycles. The van der Waals surface area contributed by atoms with Crippen LogP contribution in [0.3, 0.4) is 0 Å². The molecule has 2 aromatic rings. The van der Waals surface area contributed by atoms with Crippen LogP contribution in [0.15, 0.2) is 24.3 Å². The van der Waals surface area contributed by atoms with Crippen LogP contribution in [0.25, 0.3) is 11.3 Å². The molecule has 1 aliphatic rings. The molecule has 1 aromatic heterocycles. The van der Waals surface area contributed by atoms with Gasteiger partial charge in [-0.15, -0.1) is 12.4 Å². The van der Waals surface area contributed by atoms with Crippen molar-refractivity contribution < 1.29 is 0 Å². The molecule has 0 bridgehead atoms. The third-order valence-corrected chi connectivity index (χ3v) is 3.21. The van der Waals surface area contributed by atoms with Crippen LogP contribution in [0.2, 0.25) is 0 Å². The highest BCUT2D eigenvalue weighted by Crippen LogP contribution is 2.27. The molecule has 2 N–H and O–H groups in total. The summed E-state index contributed by atoms with van der Waals surface area (Å²) in [6, 6.07) is 8.41. The first-order valence-electron chi connectivity index (χ1n) is 5.69. The second kappa shape index (κ2) is 4.90. The lowest BCUT2D eigenvalue weighted by Gasteiger charge is -2.13. The molecule has 0 saturated carbocycles. The zero-order valence-electron chi connectivity index (χ0n) is 9.79. The Balaban J connectivity index is 0.00000108. The average molecular weight is 250 g/mol. The van der Waals surface area contributed by atoms with Gasteiger partial charge < -0.3 is 5.32 Å². The standard InChI is InChI=1S/C13H15N3.ClH/c1-9-4-2-3-5-10(9)13-11-8-14-7-6-12(11)15-16-13;/h2-5,14H,6-8H2,1H3,(H,15,16);1H. The van der Waals surface area contributed by atoms with Crippen LogP contribution in [0.1, 0.15) is 16.8 Å². The Labute approximate surface area is 107 Å². The SMILES string of the molecule is Cc1ccccc1-c1n[nH]c2c1CNCC2.Cl. The molecule has 0 atom stereocenters. The van der Waals surface area contributed by atoms with Crippen molar-refractivity contribution in [3.63, 3.8) is 0 Å². The minimum Gasteiger partial charge on any atom is -0.312 e. The predicted octanol–water partition coefficient (Wildman–Crippen LogP) is 2.45. The minimum atomic E-state index is 0. The van der Waals surface area contributed by atoms with Crippen molar-refractivity contribution in [2.75, 3.05) is 6.54 Å². The molecule has 0 aliphatic carbocycles. The highest BCUT2D eigenvalue weighted by atomic mass is 35.5. The molecule has 1 aromatic carbocycles. The van der Waals surface area contributed by atoms with Gasteiger partial charge in [0.05, 0.1) is 5.69 Å². The Bertz CT molecular complexity index is 519. The molecule has 0 radical (unpaired) electrons. The smallest absolute Gasteiger partial charge is 0.0971 e. The number of benzene rings is 1. The molecule has 17 heavy (non-hydrogen) atoms. The van der Waals surface area contributed by atoms with E-state index in [-0.39, 0.29) is 12.4 Å². The van der Waals surface area contributed by atoms with E-state index in [1.165, 1.54) is 22.4 Å². The number of hydrogen-bond donors (Lipinski definition) is 2. The van der Waals surface area contributed by atoms with E-state index in [0.29, 0.717) is 0 Å². The number of fused-ring (bicyclic) bond motifs is 1. The Morgan fingerprint density at radius 1 is 1.24 bits per heavy atom. The maximum atomic E-state index is 4.46. The molecular formula is C13H16ClN3. The van der Waals surface area contributed by atoms with Gasteiger partial charge in [-0.05, 0) is 12.5 Å². The second-order valence-electron chi connectivity index (χ2n) is 4.27. The molecule has 1 aliphatic heterocycles. The quantitative estimate of drug-likeness (QED) is 0.815. The summed E-state index contributed by atoms with van der Waals surface area (Å²) in [7, 11) is 0. The van der Waals surface area contributed by atoms with Crippen LogP contribution < -0.4 is 5.32 Å². The van der Waals surface area contributed by atoms with Gasteiger partial charge in [0.2, 0.25) is 0 Å². The Kier molecular flexibility index (Phi) is 3.50. The number of hydrogen-bond acceptors (Lipinski definition) is 2. The predicted molar refractivity (Wildman–Crippen MR) is 71.4 cm³/mol. The fourth-order valence-electron chi connectivity index (χ4n) is 2.29. The Hall–Kier alpha value is -1.32. The Morgan fingerprint density at radius 2 is 2.06 bits per heavy atom. The van der Waals surface area contributed by atoms with Crippen molar-refractivity contribution in [1.29, 1.82) is 0 Å². The van der Waals surface area contributed by atoms with E-state index in [4.69, 9.17) is 0 Å². The zero-order chi connectivity index (χ0) is 11.0. The van der Waals surface area contributed by atoms with Crippen molar-refractivity contribution in [2.24, 2.45) is 0 Å². The molecule has 0 spiro atoms. The summed E-state index contributed by atoms with van der Waals surface area (Å²) in [4.78, 5) is 0. The van der Waals surface area contributed by atoms with Gasteiger partial charge in [-0.25, -0.2) is 0 Å². The summed E-state index contributed by atoms with van der Waals surface area (Å²) in [5.41, 5.74) is 6.25. The lowest BCUT2D eigenvalue weighted by molar-refractivity contribution is 0.637. The number of nitrogens with zero attached hydrogens (tertiary/aromatic N) is 1. The van der Waals surface area contributed by atoms with E-state index in [2.05, 4.69) is 46.7 Å². The number of aryl methyl sites for hydroxylation is 1. The van der Waals surface area contributed by atoms with Crippen LogP contribution in [0, 0.1) is 6.92 Å². The van der Waals surface area contributed by atoms with Gasteiger partial charge in [-0.1, -0.05) is 24.3 Å². The van der Waals surface area contributed by atoms with Crippen LogP contribution in [-0.4, -0.2) is 16.7 Å². The molecule has 0 amide bonds. The van der Waals surface area contributed by atoms with Crippen molar-refractivity contribution >= 4 is 12.4 Å². The number of aromatic nitrogens is 2. The molecule has 3 nitrogen and oxygen atoms in total. The van der Waals surface area contributed by atoms with E-state index < -0.39 is 0 Å². The van der Waals surface area contributed by atoms with Crippen LogP contribution >= 0.6 is 12.4 Å². The monoisotopic (exact) mass is 249 g/mol. The maximum Gasteiger partial charge on any atom is 0.0971 e. The fourth-order valence-corrected chi connectivity index (χ4v) is 2.29. The molecule has 0 fully saturated rings. The first kappa shape index (κ1) is 12.1. The van der Waals surface area contributed by atoms with E-state index in [1.807, 2.05) is 0 Å². The molecule has 4 heteroatoms. The van der Waals surface area contributed by atoms with Crippen molar-refractivity contribution in [3.8, 4) is 11.3 Å². The third-order valence-electron chi connectivity index (χ3n) is 3.21. The summed E-state index contributed by atoms with van der Waals surface area (Å²) in [6.45, 7) is 4.10. The largest absolute Gasteiger partial charge is 0.312 e. The topological polar surface area (TPSA) is 40.7 Å². The zero-order valence-corrected chi connectivity index (χ0v) is 10.6. The van der Waals surface area contributed by atoms with Gasteiger partial charge >= 0.3 is 0 Å². The van der Waals surface area contributed by atoms with Crippen molar-refractivity contribution in [2.45, 2.75) is 19.9 Å². The summed E-state index contributed by atoms with van der Waals surface area (Å²) in [6.07, 6.45) is 1.05. The van der Waals surface area contributed by atoms with E-state index in [1.54, 1.807) is 0 Å². The van der Waals surface area contributed by atoms with Gasteiger partial charge in [-0.2, -0.15) is 5.10 Å². The van der Waals surface area contributed by atoms with Crippen molar-refractivity contribution in [1.82, 2.24) is 15.5 Å². The van der Waals surface area contributed by atoms with Crippen LogP contribution in [0.5, 0.6) is 0 Å². The normalized spacial score (nSPS) is 13.9. The summed E-state index contributed by atoms with van der Waals surface area (Å²) in [5, 5.41) is 11.0. The van der Waals surface area contributed by atoms with E-state index in [9.17, 15) is 0 Å². The maximum absolute atomic E-state index is 4.46. The number of H-pyrrole nitrogens is 1. The summed E-state index contributed by atoms with van der Waals surface area (Å²) in [5.74, 6) is 0. The van der Waals surface area contributed by atoms with Gasteiger partial charge in [0, 0.05) is 36.3 Å². The highest BCUT2D eigenvalue weighted by molar-refractivity contribution is 5.85. The average Bonchev–Trinajstić information content (AvgIpc) is 2.74. The van der Waals surface area contributed by atoms with Gasteiger partial charge in [0.15, 0.2) is 0 Å². The third kappa shape index (κ3) is 2.08. The lowest BCUT2D eigenvalue weighted by Crippen LogP contribution is -2.23. The molecule has 2 heterocycles. The highest BCUT2D eigenvalue weighted by Gasteiger charge is 2.18. The number of halogens is 1. The van der Waals surface area contributed by atoms with Crippen LogP contribution in [0.4, 0.5) is 0 Å². The summed E-state index contributed by atoms with van der Waals surface area (Å²) >= 11 is 0. The molecule has 0 unspecified atom stereocenters. The van der Waals surface area contributed by atoms with Crippen LogP contribution in [-0.2, 0) is 13.0 Å². The number of nitrogens with one attached hydrogen (secondary N) is 2. The van der Waals surface area contributed by atoms with Crippen molar-refractivity contribution in [3.05, 3.63) is 41.1 Å². The molecular weight excluding hydrogens is 234 g/mol. The molecule has 3 rings (SSSR count). The molecule has 90 valence electrons.